The molecule has 5 nitrogen and oxygen atoms in total. The molecule has 0 spiro atoms. The van der Waals surface area contributed by atoms with E-state index in [9.17, 15) is 0 Å². The molecule has 9 rings (SSSR count). The summed E-state index contributed by atoms with van der Waals surface area (Å²) in [5.41, 5.74) is 10.6. The van der Waals surface area contributed by atoms with Gasteiger partial charge in [-0.25, -0.2) is 9.97 Å². The minimum atomic E-state index is -0.131. The molecule has 0 N–H and O–H groups in total. The molecule has 0 amide bonds. The number of fused-ring (bicyclic) bond motifs is 15. The number of rotatable bonds is 0. The van der Waals surface area contributed by atoms with Gasteiger partial charge in [-0.1, -0.05) is 89.0 Å². The van der Waals surface area contributed by atoms with Gasteiger partial charge >= 0.3 is 21.1 Å². The number of hydrogen-bond donors (Lipinski definition) is 0. The van der Waals surface area contributed by atoms with Crippen LogP contribution in [0.25, 0.3) is 77.1 Å². The Morgan fingerprint density at radius 1 is 0.521 bits per heavy atom. The fourth-order valence-corrected chi connectivity index (χ4v) is 6.85. The molecule has 0 radical (unpaired) electrons. The minimum Gasteiger partial charge on any atom is -0.509 e. The Morgan fingerprint density at radius 2 is 0.938 bits per heavy atom. The Bertz CT molecular complexity index is 2630. The normalized spacial score (nSPS) is 12.6. The van der Waals surface area contributed by atoms with E-state index >= 15 is 0 Å². The summed E-state index contributed by atoms with van der Waals surface area (Å²) in [5, 5.41) is 4.47. The number of aromatic nitrogens is 4. The van der Waals surface area contributed by atoms with Crippen LogP contribution in [0.2, 0.25) is 0 Å². The van der Waals surface area contributed by atoms with Crippen molar-refractivity contribution in [3.05, 3.63) is 120 Å². The Labute approximate surface area is 292 Å². The van der Waals surface area contributed by atoms with Crippen molar-refractivity contribution in [1.82, 2.24) is 18.8 Å². The summed E-state index contributed by atoms with van der Waals surface area (Å²) in [4.78, 5) is 10.8. The molecule has 4 aromatic carbocycles. The van der Waals surface area contributed by atoms with Gasteiger partial charge in [0.05, 0.1) is 11.0 Å². The third-order valence-corrected chi connectivity index (χ3v) is 9.41. The van der Waals surface area contributed by atoms with Crippen molar-refractivity contribution in [3.63, 3.8) is 0 Å². The number of hydrogen-bond acceptors (Lipinski definition) is 3. The molecule has 0 saturated carbocycles. The second kappa shape index (κ2) is 10.6. The van der Waals surface area contributed by atoms with Crippen LogP contribution in [0, 0.1) is 12.1 Å². The first-order valence-corrected chi connectivity index (χ1v) is 16.2. The van der Waals surface area contributed by atoms with Crippen LogP contribution in [0.3, 0.4) is 0 Å². The topological polar surface area (TPSA) is 47.7 Å². The van der Waals surface area contributed by atoms with E-state index in [1.54, 1.807) is 0 Å². The summed E-state index contributed by atoms with van der Waals surface area (Å²) in [6.07, 6.45) is 0. The van der Waals surface area contributed by atoms with E-state index in [1.165, 1.54) is 11.1 Å². The average Bonchev–Trinajstić information content (AvgIpc) is 3.55. The zero-order chi connectivity index (χ0) is 32.2. The fourth-order valence-electron chi connectivity index (χ4n) is 6.85. The predicted octanol–water partition coefficient (Wildman–Crippen LogP) is 10.8. The maximum atomic E-state index is 6.56. The molecule has 238 valence electrons. The SMILES string of the molecule is CC(C)(C)c1cc2nc(c1)n1c3[c-]c(ccc3c3ccccc31)oc1[c-]c3c(cc1)c1ccccc1n3c1cc(C(C)(C)C)cc2n1.[Pt+2]. The summed E-state index contributed by atoms with van der Waals surface area (Å²) in [7, 11) is 0. The van der Waals surface area contributed by atoms with Crippen LogP contribution in [0.4, 0.5) is 0 Å². The second-order valence-electron chi connectivity index (χ2n) is 14.7. The molecule has 0 fully saturated rings. The Hall–Kier alpha value is -4.73. The Balaban J connectivity index is 0.00000336. The smallest absolute Gasteiger partial charge is 0.509 e. The largest absolute Gasteiger partial charge is 2.00 e. The first kappa shape index (κ1) is 30.6. The van der Waals surface area contributed by atoms with Gasteiger partial charge in [-0.3, -0.25) is 0 Å². The standard InChI is InChI=1S/C42H34N4O.Pt/c1-41(2,3)25-19-33-34-20-26(42(4,5)6)22-40(44-34)46-36-14-10-8-12-30(36)32-18-16-28(24-38(32)46)47-27-15-17-31-29-11-7-9-13-35(29)45(37(31)23-27)39(21-25)43-33;/h7-22H,1-6H3;/q-2;+2. The summed E-state index contributed by atoms with van der Waals surface area (Å²) >= 11 is 0. The van der Waals surface area contributed by atoms with Crippen molar-refractivity contribution in [2.45, 2.75) is 52.4 Å². The first-order chi connectivity index (χ1) is 22.5. The van der Waals surface area contributed by atoms with Crippen molar-refractivity contribution >= 4 is 77.1 Å². The Kier molecular flexibility index (Phi) is 6.78. The maximum absolute atomic E-state index is 6.56. The molecule has 5 aromatic heterocycles. The molecule has 0 atom stereocenters. The van der Waals surface area contributed by atoms with E-state index in [0.29, 0.717) is 11.2 Å². The molecular weight excluding hydrogens is 772 g/mol. The zero-order valence-electron chi connectivity index (χ0n) is 27.8. The second-order valence-corrected chi connectivity index (χ2v) is 14.7. The van der Waals surface area contributed by atoms with Crippen molar-refractivity contribution < 1.29 is 25.5 Å². The van der Waals surface area contributed by atoms with Gasteiger partial charge in [-0.15, -0.1) is 35.0 Å². The van der Waals surface area contributed by atoms with Crippen molar-refractivity contribution in [2.75, 3.05) is 0 Å². The average molecular weight is 806 g/mol. The molecule has 5 heterocycles. The summed E-state index contributed by atoms with van der Waals surface area (Å²) < 4.78 is 11.0. The summed E-state index contributed by atoms with van der Waals surface area (Å²) in [6, 6.07) is 41.3. The first-order valence-electron chi connectivity index (χ1n) is 16.2. The quantitative estimate of drug-likeness (QED) is 0.143. The monoisotopic (exact) mass is 805 g/mol. The number of nitrogens with zero attached hydrogens (tertiary/aromatic N) is 4. The van der Waals surface area contributed by atoms with E-state index in [2.05, 4.69) is 147 Å². The molecule has 0 aliphatic heterocycles. The van der Waals surface area contributed by atoms with Gasteiger partial charge in [0, 0.05) is 22.2 Å². The maximum Gasteiger partial charge on any atom is 2.00 e. The molecule has 0 aliphatic rings. The van der Waals surface area contributed by atoms with Crippen LogP contribution in [-0.4, -0.2) is 18.8 Å². The van der Waals surface area contributed by atoms with Crippen LogP contribution in [0.15, 0.2) is 101 Å². The molecule has 0 unspecified atom stereocenters. The van der Waals surface area contributed by atoms with Gasteiger partial charge in [-0.05, 0) is 69.1 Å². The third-order valence-electron chi connectivity index (χ3n) is 9.41. The molecule has 0 aliphatic carbocycles. The van der Waals surface area contributed by atoms with E-state index < -0.39 is 0 Å². The number of benzene rings is 4. The van der Waals surface area contributed by atoms with Crippen molar-refractivity contribution in [1.29, 1.82) is 0 Å². The molecule has 48 heavy (non-hydrogen) atoms. The molecule has 0 saturated heterocycles. The van der Waals surface area contributed by atoms with Gasteiger partial charge < -0.3 is 13.2 Å². The van der Waals surface area contributed by atoms with Crippen LogP contribution in [-0.2, 0) is 31.9 Å². The molecular formula is C42H34N4OPt. The fraction of sp³-hybridized carbons (Fsp3) is 0.190. The van der Waals surface area contributed by atoms with E-state index in [1.807, 2.05) is 12.1 Å². The van der Waals surface area contributed by atoms with Crippen molar-refractivity contribution in [2.24, 2.45) is 0 Å². The van der Waals surface area contributed by atoms with Crippen LogP contribution >= 0.6 is 0 Å². The molecule has 9 aromatic rings. The Morgan fingerprint density at radius 3 is 1.35 bits per heavy atom. The van der Waals surface area contributed by atoms with Gasteiger partial charge in [-0.2, -0.15) is 12.1 Å². The van der Waals surface area contributed by atoms with Gasteiger partial charge in [0.1, 0.15) is 11.3 Å². The van der Waals surface area contributed by atoms with Crippen LogP contribution in [0.5, 0.6) is 0 Å². The molecule has 6 heteroatoms. The van der Waals surface area contributed by atoms with Crippen molar-refractivity contribution in [3.8, 4) is 0 Å². The van der Waals surface area contributed by atoms with E-state index in [0.717, 1.165) is 65.9 Å². The number of para-hydroxylation sites is 2. The number of pyridine rings is 2. The summed E-state index contributed by atoms with van der Waals surface area (Å²) in [5.74, 6) is 0. The van der Waals surface area contributed by atoms with Gasteiger partial charge in [0.15, 0.2) is 0 Å². The minimum absolute atomic E-state index is 0. The summed E-state index contributed by atoms with van der Waals surface area (Å²) in [6.45, 7) is 13.5. The third kappa shape index (κ3) is 4.70. The predicted molar refractivity (Wildman–Crippen MR) is 194 cm³/mol. The zero-order valence-corrected chi connectivity index (χ0v) is 30.0. The molecule has 8 bridgehead atoms. The van der Waals surface area contributed by atoms with E-state index in [4.69, 9.17) is 14.4 Å². The van der Waals surface area contributed by atoms with Gasteiger partial charge in [0.25, 0.3) is 0 Å². The van der Waals surface area contributed by atoms with Gasteiger partial charge in [0.2, 0.25) is 0 Å². The van der Waals surface area contributed by atoms with Crippen LogP contribution in [0.1, 0.15) is 52.7 Å². The van der Waals surface area contributed by atoms with E-state index in [-0.39, 0.29) is 31.9 Å². The van der Waals surface area contributed by atoms with Crippen LogP contribution < -0.4 is 0 Å².